The molecule has 0 aliphatic carbocycles. The normalized spacial score (nSPS) is 19.8. The van der Waals surface area contributed by atoms with E-state index in [1.54, 1.807) is 0 Å². The number of fused-ring (bicyclic) bond motifs is 1. The fourth-order valence-electron chi connectivity index (χ4n) is 5.57. The number of nitrogens with zero attached hydrogens (tertiary/aromatic N) is 4. The van der Waals surface area contributed by atoms with Gasteiger partial charge in [0.05, 0.1) is 17.0 Å². The molecule has 2 aliphatic rings. The number of rotatable bonds is 7. The van der Waals surface area contributed by atoms with Crippen molar-refractivity contribution in [2.45, 2.75) is 31.6 Å². The molecule has 2 aromatic carbocycles. The quantitative estimate of drug-likeness (QED) is 0.423. The van der Waals surface area contributed by atoms with Gasteiger partial charge in [0.25, 0.3) is 0 Å². The van der Waals surface area contributed by atoms with E-state index in [2.05, 4.69) is 21.5 Å². The highest BCUT2D eigenvalue weighted by Gasteiger charge is 2.33. The summed E-state index contributed by atoms with van der Waals surface area (Å²) in [5.41, 5.74) is 8.05. The summed E-state index contributed by atoms with van der Waals surface area (Å²) in [5.74, 6) is -1.56. The molecule has 3 aromatic rings. The molecule has 0 radical (unpaired) electrons. The van der Waals surface area contributed by atoms with Crippen molar-refractivity contribution in [2.75, 3.05) is 25.4 Å². The van der Waals surface area contributed by atoms with Crippen LogP contribution < -0.4 is 5.73 Å². The fraction of sp³-hybridized carbons (Fsp3) is 0.310. The molecule has 11 heteroatoms. The Balaban J connectivity index is 1.44. The van der Waals surface area contributed by atoms with Gasteiger partial charge in [-0.2, -0.15) is 4.31 Å². The van der Waals surface area contributed by atoms with Gasteiger partial charge in [-0.05, 0) is 55.9 Å². The fourth-order valence-corrected chi connectivity index (χ4v) is 6.58. The maximum Gasteiger partial charge on any atom is 0.235 e. The number of halogens is 2. The molecule has 0 bridgehead atoms. The number of carbonyl (C=O) groups is 1. The minimum absolute atomic E-state index is 0.0767. The third-order valence-corrected chi connectivity index (χ3v) is 8.99. The average molecular weight is 566 g/mol. The molecule has 1 aromatic heterocycles. The molecular formula is C29H29F2N5O3S. The van der Waals surface area contributed by atoms with Crippen LogP contribution in [0.25, 0.3) is 0 Å². The van der Waals surface area contributed by atoms with Crippen molar-refractivity contribution in [2.24, 2.45) is 10.9 Å². The highest BCUT2D eigenvalue weighted by Crippen LogP contribution is 2.37. The third-order valence-electron chi connectivity index (χ3n) is 7.52. The summed E-state index contributed by atoms with van der Waals surface area (Å²) < 4.78 is 55.4. The second kappa shape index (κ2) is 11.3. The zero-order valence-corrected chi connectivity index (χ0v) is 22.6. The number of carbonyl (C=O) groups excluding carboxylic acids is 1. The van der Waals surface area contributed by atoms with Crippen LogP contribution >= 0.6 is 0 Å². The van der Waals surface area contributed by atoms with E-state index in [1.807, 2.05) is 0 Å². The molecule has 5 rings (SSSR count). The lowest BCUT2D eigenvalue weighted by Crippen LogP contribution is -2.39. The first-order valence-corrected chi connectivity index (χ1v) is 14.6. The number of aliphatic imine (C=N–C) groups is 1. The van der Waals surface area contributed by atoms with Gasteiger partial charge in [-0.1, -0.05) is 24.8 Å². The summed E-state index contributed by atoms with van der Waals surface area (Å²) >= 11 is 0. The van der Waals surface area contributed by atoms with Crippen molar-refractivity contribution < 1.29 is 22.0 Å². The van der Waals surface area contributed by atoms with Crippen LogP contribution in [0.15, 0.2) is 65.8 Å². The van der Waals surface area contributed by atoms with Crippen LogP contribution in [0, 0.1) is 17.6 Å². The molecular weight excluding hydrogens is 536 g/mol. The van der Waals surface area contributed by atoms with Crippen molar-refractivity contribution >= 4 is 27.3 Å². The Morgan fingerprint density at radius 2 is 1.93 bits per heavy atom. The summed E-state index contributed by atoms with van der Waals surface area (Å²) in [6, 6.07) is 9.30. The molecule has 0 spiro atoms. The molecule has 40 heavy (non-hydrogen) atoms. The van der Waals surface area contributed by atoms with Gasteiger partial charge in [0, 0.05) is 47.7 Å². The highest BCUT2D eigenvalue weighted by atomic mass is 32.2. The molecule has 2 unspecified atom stereocenters. The molecule has 1 fully saturated rings. The molecule has 2 aliphatic heterocycles. The lowest BCUT2D eigenvalue weighted by Gasteiger charge is -2.33. The first kappa shape index (κ1) is 27.7. The van der Waals surface area contributed by atoms with Crippen LogP contribution in [-0.4, -0.2) is 53.8 Å². The molecule has 208 valence electrons. The summed E-state index contributed by atoms with van der Waals surface area (Å²) in [4.78, 5) is 26.2. The minimum Gasteiger partial charge on any atom is -0.383 e. The van der Waals surface area contributed by atoms with E-state index >= 15 is 4.39 Å². The minimum atomic E-state index is -3.50. The van der Waals surface area contributed by atoms with Crippen LogP contribution in [-0.2, 0) is 10.0 Å². The standard InChI is InChI=1S/C29H29F2N5O3S/c1-2-40(38,39)36-12-4-5-18(16-36)13-19-10-11-33-27(25-26(19)34-17-35-29(25)32)23-9-8-21(15-24(23)31)28(37)20-6-3-7-22(30)14-20/h2-3,6-9,14-15,17-19H,1,4-5,10-13,16H2,(H2,32,34,35). The Labute approximate surface area is 231 Å². The maximum absolute atomic E-state index is 15.5. The van der Waals surface area contributed by atoms with E-state index in [1.165, 1.54) is 41.0 Å². The van der Waals surface area contributed by atoms with Gasteiger partial charge in [0.1, 0.15) is 23.8 Å². The number of nitrogens with two attached hydrogens (primary N) is 1. The third kappa shape index (κ3) is 5.57. The molecule has 2 atom stereocenters. The van der Waals surface area contributed by atoms with E-state index in [0.717, 1.165) is 30.4 Å². The highest BCUT2D eigenvalue weighted by molar-refractivity contribution is 7.92. The van der Waals surface area contributed by atoms with E-state index in [0.29, 0.717) is 49.4 Å². The molecule has 0 amide bonds. The number of sulfonamides is 1. The zero-order chi connectivity index (χ0) is 28.4. The van der Waals surface area contributed by atoms with Gasteiger partial charge in [-0.3, -0.25) is 9.79 Å². The van der Waals surface area contributed by atoms with Gasteiger partial charge >= 0.3 is 0 Å². The Morgan fingerprint density at radius 1 is 1.12 bits per heavy atom. The van der Waals surface area contributed by atoms with Gasteiger partial charge < -0.3 is 5.73 Å². The first-order valence-electron chi connectivity index (χ1n) is 13.1. The number of anilines is 1. The van der Waals surface area contributed by atoms with Crippen molar-refractivity contribution in [1.29, 1.82) is 0 Å². The monoisotopic (exact) mass is 565 g/mol. The summed E-state index contributed by atoms with van der Waals surface area (Å²) in [6.45, 7) is 4.67. The van der Waals surface area contributed by atoms with Crippen molar-refractivity contribution in [3.05, 3.63) is 100 Å². The predicted molar refractivity (Wildman–Crippen MR) is 149 cm³/mol. The summed E-state index contributed by atoms with van der Waals surface area (Å²) in [5, 5.41) is 0.982. The molecule has 3 heterocycles. The number of piperidine rings is 1. The van der Waals surface area contributed by atoms with Crippen LogP contribution in [0.4, 0.5) is 14.6 Å². The lowest BCUT2D eigenvalue weighted by atomic mass is 9.83. The predicted octanol–water partition coefficient (Wildman–Crippen LogP) is 4.47. The number of benzene rings is 2. The van der Waals surface area contributed by atoms with Crippen molar-refractivity contribution in [1.82, 2.24) is 14.3 Å². The van der Waals surface area contributed by atoms with Crippen molar-refractivity contribution in [3.63, 3.8) is 0 Å². The second-order valence-electron chi connectivity index (χ2n) is 10.1. The smallest absolute Gasteiger partial charge is 0.235 e. The Hall–Kier alpha value is -3.83. The summed E-state index contributed by atoms with van der Waals surface area (Å²) in [7, 11) is -3.50. The van der Waals surface area contributed by atoms with Gasteiger partial charge in [0.2, 0.25) is 10.0 Å². The molecule has 1 saturated heterocycles. The van der Waals surface area contributed by atoms with E-state index in [-0.39, 0.29) is 34.3 Å². The van der Waals surface area contributed by atoms with Crippen LogP contribution in [0.1, 0.15) is 64.3 Å². The second-order valence-corrected chi connectivity index (χ2v) is 12.0. The summed E-state index contributed by atoms with van der Waals surface area (Å²) in [6.07, 6.45) is 4.28. The number of aromatic nitrogens is 2. The van der Waals surface area contributed by atoms with Gasteiger partial charge in [0.15, 0.2) is 5.78 Å². The van der Waals surface area contributed by atoms with Crippen LogP contribution in [0.3, 0.4) is 0 Å². The number of nitrogen functional groups attached to an aromatic ring is 1. The Kier molecular flexibility index (Phi) is 7.86. The van der Waals surface area contributed by atoms with E-state index < -0.39 is 27.4 Å². The lowest BCUT2D eigenvalue weighted by molar-refractivity contribution is 0.103. The van der Waals surface area contributed by atoms with Crippen LogP contribution in [0.2, 0.25) is 0 Å². The zero-order valence-electron chi connectivity index (χ0n) is 21.8. The van der Waals surface area contributed by atoms with Gasteiger partial charge in [-0.15, -0.1) is 0 Å². The topological polar surface area (TPSA) is 119 Å². The maximum atomic E-state index is 15.5. The Morgan fingerprint density at radius 3 is 2.67 bits per heavy atom. The number of ketones is 1. The van der Waals surface area contributed by atoms with E-state index in [9.17, 15) is 17.6 Å². The molecule has 0 saturated carbocycles. The molecule has 8 nitrogen and oxygen atoms in total. The van der Waals surface area contributed by atoms with Crippen LogP contribution in [0.5, 0.6) is 0 Å². The SMILES string of the molecule is C=CS(=O)(=O)N1CCCC(CC2CCN=C(c3ccc(C(=O)c4cccc(F)c4)cc3F)c3c(N)ncnc32)C1. The first-order chi connectivity index (χ1) is 19.2. The number of hydrogen-bond acceptors (Lipinski definition) is 7. The molecule has 2 N–H and O–H groups in total. The van der Waals surface area contributed by atoms with Crippen molar-refractivity contribution in [3.8, 4) is 0 Å². The largest absolute Gasteiger partial charge is 0.383 e. The van der Waals surface area contributed by atoms with Gasteiger partial charge in [-0.25, -0.2) is 27.2 Å². The van der Waals surface area contributed by atoms with E-state index in [4.69, 9.17) is 5.73 Å². The average Bonchev–Trinajstić information content (AvgIpc) is 3.13. The number of hydrogen-bond donors (Lipinski definition) is 1. The Bertz CT molecular complexity index is 1610.